The Bertz CT molecular complexity index is 672. The minimum Gasteiger partial charge on any atom is -0.399 e. The number of rotatable bonds is 3. The molecule has 2 amide bonds. The molecule has 0 spiro atoms. The molecule has 1 aliphatic heterocycles. The molecule has 1 aliphatic rings. The summed E-state index contributed by atoms with van der Waals surface area (Å²) in [7, 11) is -3.37. The Morgan fingerprint density at radius 3 is 2.21 bits per heavy atom. The van der Waals surface area contributed by atoms with Crippen LogP contribution >= 0.6 is 0 Å². The predicted octanol–water partition coefficient (Wildman–Crippen LogP) is 1.98. The largest absolute Gasteiger partial charge is 0.399 e. The topological polar surface area (TPSA) is 105 Å². The van der Waals surface area contributed by atoms with Crippen LogP contribution in [0.15, 0.2) is 24.3 Å². The average Bonchev–Trinajstić information content (AvgIpc) is 2.49. The first-order valence-corrected chi connectivity index (χ1v) is 9.50. The van der Waals surface area contributed by atoms with E-state index < -0.39 is 14.8 Å². The first kappa shape index (κ1) is 18.5. The summed E-state index contributed by atoms with van der Waals surface area (Å²) < 4.78 is 26.3. The first-order valence-electron chi connectivity index (χ1n) is 8.02. The number of amides is 2. The van der Waals surface area contributed by atoms with E-state index in [2.05, 4.69) is 10.0 Å². The van der Waals surface area contributed by atoms with Crippen molar-refractivity contribution in [2.45, 2.75) is 44.4 Å². The smallest absolute Gasteiger partial charge is 0.321 e. The zero-order chi connectivity index (χ0) is 18.0. The quantitative estimate of drug-likeness (QED) is 0.722. The second-order valence-corrected chi connectivity index (χ2v) is 9.51. The minimum atomic E-state index is -3.37. The van der Waals surface area contributed by atoms with Crippen LogP contribution in [0.5, 0.6) is 0 Å². The van der Waals surface area contributed by atoms with Crippen molar-refractivity contribution in [1.29, 1.82) is 0 Å². The van der Waals surface area contributed by atoms with Crippen molar-refractivity contribution in [2.24, 2.45) is 0 Å². The number of carbonyl (C=O) groups is 1. The number of hydrogen-bond acceptors (Lipinski definition) is 4. The van der Waals surface area contributed by atoms with Crippen molar-refractivity contribution in [1.82, 2.24) is 9.62 Å². The van der Waals surface area contributed by atoms with E-state index in [1.54, 1.807) is 49.9 Å². The van der Waals surface area contributed by atoms with E-state index in [-0.39, 0.29) is 12.1 Å². The van der Waals surface area contributed by atoms with Crippen LogP contribution in [0, 0.1) is 0 Å². The zero-order valence-electron chi connectivity index (χ0n) is 14.4. The van der Waals surface area contributed by atoms with Crippen LogP contribution in [0.25, 0.3) is 0 Å². The van der Waals surface area contributed by atoms with Crippen LogP contribution in [0.4, 0.5) is 16.2 Å². The first-order chi connectivity index (χ1) is 11.1. The van der Waals surface area contributed by atoms with Crippen LogP contribution in [-0.2, 0) is 10.0 Å². The fraction of sp³-hybridized carbons (Fsp3) is 0.562. The number of hydrogen-bond donors (Lipinski definition) is 3. The molecule has 0 saturated carbocycles. The van der Waals surface area contributed by atoms with Gasteiger partial charge in [0.2, 0.25) is 10.0 Å². The van der Waals surface area contributed by atoms with E-state index in [1.807, 2.05) is 0 Å². The average molecular weight is 354 g/mol. The van der Waals surface area contributed by atoms with Crippen molar-refractivity contribution in [2.75, 3.05) is 24.1 Å². The Kier molecular flexibility index (Phi) is 5.39. The molecule has 0 aromatic heterocycles. The number of anilines is 2. The molecular weight excluding hydrogens is 328 g/mol. The summed E-state index contributed by atoms with van der Waals surface area (Å²) >= 11 is 0. The maximum absolute atomic E-state index is 12.2. The number of urea groups is 1. The van der Waals surface area contributed by atoms with E-state index in [1.165, 1.54) is 0 Å². The summed E-state index contributed by atoms with van der Waals surface area (Å²) in [6.45, 7) is 6.04. The lowest BCUT2D eigenvalue weighted by atomic mass is 10.1. The third-order valence-electron chi connectivity index (χ3n) is 4.07. The van der Waals surface area contributed by atoms with Gasteiger partial charge in [-0.05, 0) is 57.9 Å². The van der Waals surface area contributed by atoms with Gasteiger partial charge >= 0.3 is 6.03 Å². The van der Waals surface area contributed by atoms with Gasteiger partial charge in [0, 0.05) is 30.5 Å². The number of likely N-dealkylation sites (tertiary alicyclic amines) is 1. The number of carbonyl (C=O) groups excluding carboxylic acids is 1. The Hall–Kier alpha value is -1.80. The lowest BCUT2D eigenvalue weighted by Crippen LogP contribution is -2.50. The van der Waals surface area contributed by atoms with E-state index >= 15 is 0 Å². The fourth-order valence-corrected chi connectivity index (χ4v) is 3.39. The number of piperidine rings is 1. The van der Waals surface area contributed by atoms with Crippen LogP contribution in [0.1, 0.15) is 33.6 Å². The maximum atomic E-state index is 12.2. The Morgan fingerprint density at radius 1 is 1.17 bits per heavy atom. The highest BCUT2D eigenvalue weighted by atomic mass is 32.2. The van der Waals surface area contributed by atoms with Gasteiger partial charge in [-0.15, -0.1) is 0 Å². The van der Waals surface area contributed by atoms with Gasteiger partial charge in [-0.2, -0.15) is 0 Å². The molecule has 0 atom stereocenters. The molecule has 4 N–H and O–H groups in total. The molecule has 0 radical (unpaired) electrons. The van der Waals surface area contributed by atoms with E-state index in [0.29, 0.717) is 37.3 Å². The summed E-state index contributed by atoms with van der Waals surface area (Å²) in [6, 6.07) is 6.63. The normalized spacial score (nSPS) is 16.9. The Labute approximate surface area is 143 Å². The minimum absolute atomic E-state index is 0.130. The van der Waals surface area contributed by atoms with Gasteiger partial charge in [0.05, 0.1) is 4.75 Å². The molecule has 7 nitrogen and oxygen atoms in total. The van der Waals surface area contributed by atoms with E-state index in [9.17, 15) is 13.2 Å². The molecule has 0 unspecified atom stereocenters. The van der Waals surface area contributed by atoms with Gasteiger partial charge in [-0.1, -0.05) is 0 Å². The van der Waals surface area contributed by atoms with Crippen molar-refractivity contribution in [3.63, 3.8) is 0 Å². The highest BCUT2D eigenvalue weighted by molar-refractivity contribution is 7.90. The highest BCUT2D eigenvalue weighted by Crippen LogP contribution is 2.19. The van der Waals surface area contributed by atoms with Gasteiger partial charge < -0.3 is 16.0 Å². The summed E-state index contributed by atoms with van der Waals surface area (Å²) in [4.78, 5) is 13.9. The molecule has 0 bridgehead atoms. The number of nitrogens with two attached hydrogens (primary N) is 1. The highest BCUT2D eigenvalue weighted by Gasteiger charge is 2.33. The number of sulfonamides is 1. The van der Waals surface area contributed by atoms with E-state index in [0.717, 1.165) is 0 Å². The van der Waals surface area contributed by atoms with Crippen molar-refractivity contribution in [3.8, 4) is 0 Å². The summed E-state index contributed by atoms with van der Waals surface area (Å²) in [5.74, 6) is 0. The molecule has 1 aromatic rings. The SMILES string of the molecule is CC(C)(C)S(=O)(=O)NC1CCN(C(=O)Nc2ccc(N)cc2)CC1. The standard InChI is InChI=1S/C16H26N4O3S/c1-16(2,3)24(22,23)19-14-8-10-20(11-9-14)15(21)18-13-6-4-12(17)5-7-13/h4-7,14,19H,8-11,17H2,1-3H3,(H,18,21). The predicted molar refractivity (Wildman–Crippen MR) is 96.3 cm³/mol. The van der Waals surface area contributed by atoms with Crippen LogP contribution < -0.4 is 15.8 Å². The molecule has 24 heavy (non-hydrogen) atoms. The Morgan fingerprint density at radius 2 is 1.71 bits per heavy atom. The van der Waals surface area contributed by atoms with Gasteiger partial charge in [0.1, 0.15) is 0 Å². The molecule has 134 valence electrons. The molecule has 1 aromatic carbocycles. The third kappa shape index (κ3) is 4.61. The summed E-state index contributed by atoms with van der Waals surface area (Å²) in [5, 5.41) is 2.82. The van der Waals surface area contributed by atoms with Crippen molar-refractivity contribution < 1.29 is 13.2 Å². The monoisotopic (exact) mass is 354 g/mol. The lowest BCUT2D eigenvalue weighted by Gasteiger charge is -2.33. The Balaban J connectivity index is 1.86. The fourth-order valence-electron chi connectivity index (χ4n) is 2.37. The van der Waals surface area contributed by atoms with E-state index in [4.69, 9.17) is 5.73 Å². The second kappa shape index (κ2) is 6.98. The van der Waals surface area contributed by atoms with Gasteiger partial charge in [0.15, 0.2) is 0 Å². The number of benzene rings is 1. The second-order valence-electron chi connectivity index (χ2n) is 7.05. The molecule has 1 heterocycles. The molecule has 8 heteroatoms. The summed E-state index contributed by atoms with van der Waals surface area (Å²) in [5.41, 5.74) is 6.94. The molecular formula is C16H26N4O3S. The zero-order valence-corrected chi connectivity index (χ0v) is 15.2. The molecule has 0 aliphatic carbocycles. The van der Waals surface area contributed by atoms with Crippen molar-refractivity contribution >= 4 is 27.4 Å². The van der Waals surface area contributed by atoms with Crippen LogP contribution in [0.2, 0.25) is 0 Å². The van der Waals surface area contributed by atoms with Crippen LogP contribution in [0.3, 0.4) is 0 Å². The summed E-state index contributed by atoms with van der Waals surface area (Å²) in [6.07, 6.45) is 1.20. The van der Waals surface area contributed by atoms with Gasteiger partial charge in [-0.25, -0.2) is 17.9 Å². The lowest BCUT2D eigenvalue weighted by molar-refractivity contribution is 0.193. The van der Waals surface area contributed by atoms with Gasteiger partial charge in [0.25, 0.3) is 0 Å². The molecule has 2 rings (SSSR count). The van der Waals surface area contributed by atoms with Crippen LogP contribution in [-0.4, -0.2) is 43.2 Å². The molecule has 1 fully saturated rings. The van der Waals surface area contributed by atoms with Gasteiger partial charge in [-0.3, -0.25) is 0 Å². The number of nitrogens with zero attached hydrogens (tertiary/aromatic N) is 1. The maximum Gasteiger partial charge on any atom is 0.321 e. The van der Waals surface area contributed by atoms with Crippen molar-refractivity contribution in [3.05, 3.63) is 24.3 Å². The molecule has 1 saturated heterocycles. The number of nitrogen functional groups attached to an aromatic ring is 1. The number of nitrogens with one attached hydrogen (secondary N) is 2. The third-order valence-corrected chi connectivity index (χ3v) is 6.33.